The number of nitrogens with zero attached hydrogens (tertiary/aromatic N) is 1. The molecule has 1 nitrogen and oxygen atoms in total. The number of halogens is 3. The zero-order valence-electron chi connectivity index (χ0n) is 20.8. The summed E-state index contributed by atoms with van der Waals surface area (Å²) < 4.78 is 39.3. The molecule has 32 heavy (non-hydrogen) atoms. The third kappa shape index (κ3) is 14.9. The summed E-state index contributed by atoms with van der Waals surface area (Å²) in [4.78, 5) is 2.38. The largest absolute Gasteiger partial charge is 0.416 e. The molecule has 0 aliphatic rings. The molecule has 0 unspecified atom stereocenters. The van der Waals surface area contributed by atoms with Crippen molar-refractivity contribution in [3.63, 3.8) is 0 Å². The van der Waals surface area contributed by atoms with Crippen LogP contribution in [0.5, 0.6) is 0 Å². The van der Waals surface area contributed by atoms with Gasteiger partial charge in [0.25, 0.3) is 0 Å². The molecule has 0 saturated heterocycles. The molecule has 0 fully saturated rings. The SMILES string of the molecule is CCCCCCCCCCN(CCCCCCCCCC)Cc1cccc(C(F)(F)F)c1. The molecule has 186 valence electrons. The first-order valence-electron chi connectivity index (χ1n) is 13.4. The highest BCUT2D eigenvalue weighted by atomic mass is 19.4. The Morgan fingerprint density at radius 3 is 1.50 bits per heavy atom. The summed E-state index contributed by atoms with van der Waals surface area (Å²) >= 11 is 0. The standard InChI is InChI=1S/C28H48F3N/c1-3-5-7-9-11-13-15-17-22-32(23-18-16-14-12-10-8-6-4-2)25-26-20-19-21-27(24-26)28(29,30)31/h19-21,24H,3-18,22-23,25H2,1-2H3. The first kappa shape index (κ1) is 29.0. The number of benzene rings is 1. The van der Waals surface area contributed by atoms with E-state index in [2.05, 4.69) is 18.7 Å². The van der Waals surface area contributed by atoms with E-state index in [0.717, 1.165) is 31.5 Å². The van der Waals surface area contributed by atoms with Crippen LogP contribution in [0.25, 0.3) is 0 Å². The number of rotatable bonds is 20. The van der Waals surface area contributed by atoms with Gasteiger partial charge in [-0.2, -0.15) is 13.2 Å². The second-order valence-corrected chi connectivity index (χ2v) is 9.42. The second-order valence-electron chi connectivity index (χ2n) is 9.42. The van der Waals surface area contributed by atoms with E-state index < -0.39 is 11.7 Å². The number of hydrogen-bond acceptors (Lipinski definition) is 1. The lowest BCUT2D eigenvalue weighted by atomic mass is 10.1. The average molecular weight is 456 g/mol. The van der Waals surface area contributed by atoms with E-state index in [9.17, 15) is 13.2 Å². The minimum absolute atomic E-state index is 0.533. The molecular formula is C28H48F3N. The van der Waals surface area contributed by atoms with Crippen molar-refractivity contribution >= 4 is 0 Å². The van der Waals surface area contributed by atoms with Crippen LogP contribution >= 0.6 is 0 Å². The fourth-order valence-electron chi connectivity index (χ4n) is 4.31. The molecule has 0 bridgehead atoms. The quantitative estimate of drug-likeness (QED) is 0.177. The Morgan fingerprint density at radius 2 is 1.06 bits per heavy atom. The third-order valence-corrected chi connectivity index (χ3v) is 6.32. The van der Waals surface area contributed by atoms with Crippen molar-refractivity contribution in [3.05, 3.63) is 35.4 Å². The highest BCUT2D eigenvalue weighted by molar-refractivity contribution is 5.25. The maximum Gasteiger partial charge on any atom is 0.416 e. The molecule has 0 radical (unpaired) electrons. The maximum absolute atomic E-state index is 13.1. The van der Waals surface area contributed by atoms with Gasteiger partial charge < -0.3 is 0 Å². The van der Waals surface area contributed by atoms with Gasteiger partial charge in [-0.3, -0.25) is 4.90 Å². The smallest absolute Gasteiger partial charge is 0.299 e. The van der Waals surface area contributed by atoms with Crippen LogP contribution in [0.15, 0.2) is 24.3 Å². The third-order valence-electron chi connectivity index (χ3n) is 6.32. The second kappa shape index (κ2) is 18.4. The van der Waals surface area contributed by atoms with Gasteiger partial charge in [-0.05, 0) is 37.6 Å². The highest BCUT2D eigenvalue weighted by Gasteiger charge is 2.30. The van der Waals surface area contributed by atoms with Crippen LogP contribution in [0.2, 0.25) is 0 Å². The predicted molar refractivity (Wildman–Crippen MR) is 132 cm³/mol. The lowest BCUT2D eigenvalue weighted by molar-refractivity contribution is -0.137. The predicted octanol–water partition coefficient (Wildman–Crippen LogP) is 9.79. The Morgan fingerprint density at radius 1 is 0.625 bits per heavy atom. The Bertz CT molecular complexity index is 536. The van der Waals surface area contributed by atoms with Crippen molar-refractivity contribution in [2.75, 3.05) is 13.1 Å². The Labute approximate surface area is 196 Å². The fraction of sp³-hybridized carbons (Fsp3) is 0.786. The van der Waals surface area contributed by atoms with Crippen molar-refractivity contribution in [3.8, 4) is 0 Å². The lowest BCUT2D eigenvalue weighted by Crippen LogP contribution is -2.26. The molecule has 0 atom stereocenters. The van der Waals surface area contributed by atoms with E-state index in [1.165, 1.54) is 102 Å². The molecular weight excluding hydrogens is 407 g/mol. The number of alkyl halides is 3. The first-order valence-corrected chi connectivity index (χ1v) is 13.4. The summed E-state index contributed by atoms with van der Waals surface area (Å²) in [5.74, 6) is 0. The molecule has 0 spiro atoms. The zero-order chi connectivity index (χ0) is 23.5. The van der Waals surface area contributed by atoms with Gasteiger partial charge >= 0.3 is 6.18 Å². The molecule has 0 saturated carbocycles. The Hall–Kier alpha value is -1.03. The maximum atomic E-state index is 13.1. The summed E-state index contributed by atoms with van der Waals surface area (Å²) in [5, 5.41) is 0. The molecule has 4 heteroatoms. The topological polar surface area (TPSA) is 3.24 Å². The zero-order valence-corrected chi connectivity index (χ0v) is 20.8. The summed E-state index contributed by atoms with van der Waals surface area (Å²) in [6.45, 7) is 7.08. The normalized spacial score (nSPS) is 12.1. The van der Waals surface area contributed by atoms with Crippen molar-refractivity contribution in [2.45, 2.75) is 129 Å². The number of hydrogen-bond donors (Lipinski definition) is 0. The van der Waals surface area contributed by atoms with Crippen LogP contribution in [-0.4, -0.2) is 18.0 Å². The van der Waals surface area contributed by atoms with Crippen LogP contribution < -0.4 is 0 Å². The van der Waals surface area contributed by atoms with Crippen LogP contribution in [0.4, 0.5) is 13.2 Å². The summed E-state index contributed by atoms with van der Waals surface area (Å²) in [7, 11) is 0. The van der Waals surface area contributed by atoms with Gasteiger partial charge in [0.15, 0.2) is 0 Å². The molecule has 1 rings (SSSR count). The van der Waals surface area contributed by atoms with Crippen molar-refractivity contribution in [2.24, 2.45) is 0 Å². The molecule has 0 N–H and O–H groups in total. The van der Waals surface area contributed by atoms with Crippen molar-refractivity contribution in [1.29, 1.82) is 0 Å². The van der Waals surface area contributed by atoms with E-state index in [1.54, 1.807) is 6.07 Å². The summed E-state index contributed by atoms with van der Waals surface area (Å²) in [6, 6.07) is 5.88. The molecule has 0 amide bonds. The molecule has 0 aliphatic heterocycles. The van der Waals surface area contributed by atoms with E-state index in [1.807, 2.05) is 6.07 Å². The van der Waals surface area contributed by atoms with Crippen molar-refractivity contribution < 1.29 is 13.2 Å². The van der Waals surface area contributed by atoms with Crippen molar-refractivity contribution in [1.82, 2.24) is 4.90 Å². The summed E-state index contributed by atoms with van der Waals surface area (Å²) in [6.07, 6.45) is 16.2. The van der Waals surface area contributed by atoms with Gasteiger partial charge in [0.05, 0.1) is 5.56 Å². The monoisotopic (exact) mass is 455 g/mol. The van der Waals surface area contributed by atoms with Crippen LogP contribution in [0.3, 0.4) is 0 Å². The molecule has 1 aromatic carbocycles. The van der Waals surface area contributed by atoms with E-state index in [0.29, 0.717) is 6.54 Å². The van der Waals surface area contributed by atoms with Gasteiger partial charge in [-0.25, -0.2) is 0 Å². The lowest BCUT2D eigenvalue weighted by Gasteiger charge is -2.23. The molecule has 0 aliphatic carbocycles. The molecule has 0 heterocycles. The minimum Gasteiger partial charge on any atom is -0.299 e. The minimum atomic E-state index is -4.27. The number of unbranched alkanes of at least 4 members (excludes halogenated alkanes) is 14. The van der Waals surface area contributed by atoms with Crippen LogP contribution in [0.1, 0.15) is 128 Å². The average Bonchev–Trinajstić information content (AvgIpc) is 2.76. The van der Waals surface area contributed by atoms with Gasteiger partial charge in [-0.1, -0.05) is 122 Å². The van der Waals surface area contributed by atoms with Gasteiger partial charge in [0, 0.05) is 6.54 Å². The van der Waals surface area contributed by atoms with Crippen LogP contribution in [-0.2, 0) is 12.7 Å². The highest BCUT2D eigenvalue weighted by Crippen LogP contribution is 2.29. The molecule has 1 aromatic rings. The van der Waals surface area contributed by atoms with E-state index in [-0.39, 0.29) is 0 Å². The first-order chi connectivity index (χ1) is 15.5. The van der Waals surface area contributed by atoms with E-state index >= 15 is 0 Å². The van der Waals surface area contributed by atoms with Gasteiger partial charge in [-0.15, -0.1) is 0 Å². The van der Waals surface area contributed by atoms with Gasteiger partial charge in [0.1, 0.15) is 0 Å². The summed E-state index contributed by atoms with van der Waals surface area (Å²) in [5.41, 5.74) is 0.244. The Balaban J connectivity index is 2.42. The van der Waals surface area contributed by atoms with Crippen LogP contribution in [0, 0.1) is 0 Å². The van der Waals surface area contributed by atoms with Gasteiger partial charge in [0.2, 0.25) is 0 Å². The Kier molecular flexibility index (Phi) is 16.7. The van der Waals surface area contributed by atoms with E-state index in [4.69, 9.17) is 0 Å². The molecule has 0 aromatic heterocycles. The fourth-order valence-corrected chi connectivity index (χ4v) is 4.31.